The fourth-order valence-corrected chi connectivity index (χ4v) is 4.01. The molecule has 1 heterocycles. The number of rotatable bonds is 7. The molecule has 180 valence electrons. The van der Waals surface area contributed by atoms with Crippen molar-refractivity contribution in [2.24, 2.45) is 5.41 Å². The second-order valence-electron chi connectivity index (χ2n) is 8.95. The standard InChI is InChI=1S/C21H29FN6O4S/c1-8-26(7)18(29)17(14-10-9-13(28(31)32)11-15(14)22)33-19-23-16(12-21(2,3)4)24-27(19)20(30)25(5)6/h9-11,17H,8,12H2,1-7H3. The Kier molecular flexibility index (Phi) is 8.17. The Hall–Kier alpha value is -3.02. The molecule has 0 saturated heterocycles. The lowest BCUT2D eigenvalue weighted by atomic mass is 9.92. The molecule has 33 heavy (non-hydrogen) atoms. The minimum absolute atomic E-state index is 0.0416. The van der Waals surface area contributed by atoms with Crippen LogP contribution < -0.4 is 0 Å². The number of amides is 2. The first-order valence-corrected chi connectivity index (χ1v) is 11.2. The summed E-state index contributed by atoms with van der Waals surface area (Å²) in [6.07, 6.45) is 0.480. The Labute approximate surface area is 196 Å². The molecule has 1 aromatic carbocycles. The van der Waals surface area contributed by atoms with Crippen LogP contribution in [-0.2, 0) is 11.2 Å². The van der Waals surface area contributed by atoms with Gasteiger partial charge in [0.15, 0.2) is 11.0 Å². The van der Waals surface area contributed by atoms with Crippen molar-refractivity contribution >= 4 is 29.4 Å². The molecule has 2 aromatic rings. The van der Waals surface area contributed by atoms with E-state index in [0.29, 0.717) is 18.8 Å². The van der Waals surface area contributed by atoms with Crippen LogP contribution in [-0.4, -0.2) is 69.1 Å². The van der Waals surface area contributed by atoms with Crippen molar-refractivity contribution in [1.29, 1.82) is 0 Å². The average molecular weight is 481 g/mol. The number of thioether (sulfide) groups is 1. The molecule has 2 rings (SSSR count). The van der Waals surface area contributed by atoms with Crippen LogP contribution in [0.25, 0.3) is 0 Å². The Morgan fingerprint density at radius 1 is 1.27 bits per heavy atom. The maximum atomic E-state index is 14.9. The van der Waals surface area contributed by atoms with Gasteiger partial charge in [-0.2, -0.15) is 4.68 Å². The van der Waals surface area contributed by atoms with Crippen molar-refractivity contribution in [2.45, 2.75) is 44.5 Å². The average Bonchev–Trinajstić information content (AvgIpc) is 3.10. The highest BCUT2D eigenvalue weighted by atomic mass is 32.2. The maximum absolute atomic E-state index is 14.9. The lowest BCUT2D eigenvalue weighted by Gasteiger charge is -2.22. The highest BCUT2D eigenvalue weighted by Gasteiger charge is 2.32. The quantitative estimate of drug-likeness (QED) is 0.337. The number of likely N-dealkylation sites (N-methyl/N-ethyl adjacent to an activating group) is 1. The summed E-state index contributed by atoms with van der Waals surface area (Å²) < 4.78 is 16.0. The number of hydrogen-bond acceptors (Lipinski definition) is 7. The molecule has 0 aliphatic carbocycles. The molecule has 12 heteroatoms. The molecule has 0 N–H and O–H groups in total. The number of halogens is 1. The monoisotopic (exact) mass is 480 g/mol. The van der Waals surface area contributed by atoms with Gasteiger partial charge in [0.05, 0.1) is 11.0 Å². The van der Waals surface area contributed by atoms with Gasteiger partial charge in [-0.15, -0.1) is 5.10 Å². The number of carbonyl (C=O) groups excluding carboxylic acids is 2. The Balaban J connectivity index is 2.59. The summed E-state index contributed by atoms with van der Waals surface area (Å²) in [7, 11) is 4.69. The summed E-state index contributed by atoms with van der Waals surface area (Å²) in [5.41, 5.74) is -0.618. The molecule has 0 spiro atoms. The minimum atomic E-state index is -1.13. The molecule has 0 fully saturated rings. The van der Waals surface area contributed by atoms with Crippen molar-refractivity contribution < 1.29 is 18.9 Å². The summed E-state index contributed by atoms with van der Waals surface area (Å²) in [5, 5.41) is 14.3. The van der Waals surface area contributed by atoms with Crippen LogP contribution in [0.4, 0.5) is 14.9 Å². The first kappa shape index (κ1) is 26.2. The first-order chi connectivity index (χ1) is 15.2. The van der Waals surface area contributed by atoms with Gasteiger partial charge < -0.3 is 9.80 Å². The third kappa shape index (κ3) is 6.50. The van der Waals surface area contributed by atoms with Crippen molar-refractivity contribution in [3.63, 3.8) is 0 Å². The van der Waals surface area contributed by atoms with E-state index in [4.69, 9.17) is 0 Å². The third-order valence-electron chi connectivity index (χ3n) is 4.65. The summed E-state index contributed by atoms with van der Waals surface area (Å²) in [6, 6.07) is 2.68. The number of nitro groups is 1. The maximum Gasteiger partial charge on any atom is 0.346 e. The first-order valence-electron chi connectivity index (χ1n) is 10.3. The zero-order valence-corrected chi connectivity index (χ0v) is 20.6. The van der Waals surface area contributed by atoms with E-state index in [-0.39, 0.29) is 16.1 Å². The van der Waals surface area contributed by atoms with Gasteiger partial charge in [-0.25, -0.2) is 14.2 Å². The van der Waals surface area contributed by atoms with E-state index in [1.54, 1.807) is 28.1 Å². The van der Waals surface area contributed by atoms with E-state index < -0.39 is 33.6 Å². The molecule has 0 radical (unpaired) electrons. The molecule has 0 aliphatic rings. The number of hydrogen-bond donors (Lipinski definition) is 0. The fourth-order valence-electron chi connectivity index (χ4n) is 2.83. The molecular weight excluding hydrogens is 451 g/mol. The Bertz CT molecular complexity index is 1050. The summed E-state index contributed by atoms with van der Waals surface area (Å²) >= 11 is 0.882. The Morgan fingerprint density at radius 2 is 1.91 bits per heavy atom. The number of non-ortho nitro benzene ring substituents is 1. The van der Waals surface area contributed by atoms with E-state index in [9.17, 15) is 24.1 Å². The smallest absolute Gasteiger partial charge is 0.345 e. The van der Waals surface area contributed by atoms with Gasteiger partial charge >= 0.3 is 6.03 Å². The van der Waals surface area contributed by atoms with E-state index in [2.05, 4.69) is 10.1 Å². The van der Waals surface area contributed by atoms with Gasteiger partial charge in [0.25, 0.3) is 5.69 Å². The van der Waals surface area contributed by atoms with Gasteiger partial charge in [0.1, 0.15) is 11.1 Å². The van der Waals surface area contributed by atoms with Gasteiger partial charge in [0.2, 0.25) is 5.91 Å². The number of aromatic nitrogens is 3. The number of benzene rings is 1. The third-order valence-corrected chi connectivity index (χ3v) is 5.82. The molecule has 1 atom stereocenters. The van der Waals surface area contributed by atoms with Crippen molar-refractivity contribution in [2.75, 3.05) is 27.7 Å². The second-order valence-corrected chi connectivity index (χ2v) is 10.0. The normalized spacial score (nSPS) is 12.4. The van der Waals surface area contributed by atoms with Gasteiger partial charge in [-0.1, -0.05) is 32.5 Å². The van der Waals surface area contributed by atoms with E-state index >= 15 is 0 Å². The molecule has 2 amide bonds. The largest absolute Gasteiger partial charge is 0.346 e. The minimum Gasteiger partial charge on any atom is -0.345 e. The number of nitrogens with zero attached hydrogens (tertiary/aromatic N) is 6. The second kappa shape index (κ2) is 10.3. The summed E-state index contributed by atoms with van der Waals surface area (Å²) in [5.74, 6) is -0.904. The van der Waals surface area contributed by atoms with Gasteiger partial charge in [-0.05, 0) is 18.4 Å². The molecule has 1 aromatic heterocycles. The number of carbonyl (C=O) groups is 2. The topological polar surface area (TPSA) is 114 Å². The van der Waals surface area contributed by atoms with Crippen LogP contribution in [0, 0.1) is 21.3 Å². The van der Waals surface area contributed by atoms with Gasteiger partial charge in [-0.3, -0.25) is 14.9 Å². The molecule has 0 aliphatic heterocycles. The highest BCUT2D eigenvalue weighted by Crippen LogP contribution is 2.38. The zero-order chi connectivity index (χ0) is 25.1. The highest BCUT2D eigenvalue weighted by molar-refractivity contribution is 8.00. The molecule has 0 bridgehead atoms. The summed E-state index contributed by atoms with van der Waals surface area (Å²) in [4.78, 5) is 43.4. The lowest BCUT2D eigenvalue weighted by Crippen LogP contribution is -2.32. The molecule has 10 nitrogen and oxygen atoms in total. The predicted molar refractivity (Wildman–Crippen MR) is 123 cm³/mol. The SMILES string of the molecule is CCN(C)C(=O)C(Sc1nc(CC(C)(C)C)nn1C(=O)N(C)C)c1ccc([N+](=O)[O-])cc1F. The van der Waals surface area contributed by atoms with Crippen molar-refractivity contribution in [3.8, 4) is 0 Å². The summed E-state index contributed by atoms with van der Waals surface area (Å²) in [6.45, 7) is 8.14. The molecule has 0 saturated carbocycles. The molecular formula is C21H29FN6O4S. The van der Waals surface area contributed by atoms with Crippen LogP contribution >= 0.6 is 11.8 Å². The van der Waals surface area contributed by atoms with Crippen molar-refractivity contribution in [1.82, 2.24) is 24.6 Å². The van der Waals surface area contributed by atoms with Crippen LogP contribution in [0.2, 0.25) is 0 Å². The van der Waals surface area contributed by atoms with Crippen LogP contribution in [0.15, 0.2) is 23.4 Å². The fraction of sp³-hybridized carbons (Fsp3) is 0.524. The van der Waals surface area contributed by atoms with Crippen LogP contribution in [0.5, 0.6) is 0 Å². The van der Waals surface area contributed by atoms with E-state index in [1.165, 1.54) is 15.9 Å². The lowest BCUT2D eigenvalue weighted by molar-refractivity contribution is -0.385. The van der Waals surface area contributed by atoms with Crippen molar-refractivity contribution in [3.05, 3.63) is 45.5 Å². The predicted octanol–water partition coefficient (Wildman–Crippen LogP) is 3.76. The number of nitro benzene ring substituents is 1. The van der Waals surface area contributed by atoms with E-state index in [0.717, 1.165) is 28.6 Å². The molecule has 1 unspecified atom stereocenters. The van der Waals surface area contributed by atoms with E-state index in [1.807, 2.05) is 20.8 Å². The Morgan fingerprint density at radius 3 is 2.39 bits per heavy atom. The van der Waals surface area contributed by atoms with Gasteiger partial charge in [0, 0.05) is 45.7 Å². The zero-order valence-electron chi connectivity index (χ0n) is 19.8. The van der Waals surface area contributed by atoms with Crippen LogP contribution in [0.1, 0.15) is 44.3 Å². The van der Waals surface area contributed by atoms with Crippen LogP contribution in [0.3, 0.4) is 0 Å².